The number of para-hydroxylation sites is 1. The topological polar surface area (TPSA) is 51.8 Å². The van der Waals surface area contributed by atoms with Crippen LogP contribution in [0.5, 0.6) is 0 Å². The first-order chi connectivity index (χ1) is 24.3. The predicted octanol–water partition coefficient (Wildman–Crippen LogP) is 11.7. The maximum Gasteiger partial charge on any atom is 0.164 e. The van der Waals surface area contributed by atoms with E-state index in [1.807, 2.05) is 30.3 Å². The Hall–Kier alpha value is -6.39. The molecule has 4 nitrogen and oxygen atoms in total. The van der Waals surface area contributed by atoms with Gasteiger partial charge >= 0.3 is 0 Å². The second-order valence-electron chi connectivity index (χ2n) is 12.4. The van der Waals surface area contributed by atoms with Crippen molar-refractivity contribution in [1.29, 1.82) is 0 Å². The van der Waals surface area contributed by atoms with Gasteiger partial charge in [0.15, 0.2) is 17.5 Å². The summed E-state index contributed by atoms with van der Waals surface area (Å²) in [5.74, 6) is 2.29. The van der Waals surface area contributed by atoms with E-state index in [-0.39, 0.29) is 0 Å². The molecule has 0 spiro atoms. The first-order valence-corrected chi connectivity index (χ1v) is 16.6. The van der Waals surface area contributed by atoms with Crippen LogP contribution in [0, 0.1) is 0 Å². The number of allylic oxidation sites excluding steroid dienone is 4. The number of aromatic nitrogens is 3. The molecule has 2 aromatic heterocycles. The Morgan fingerprint density at radius 2 is 1.06 bits per heavy atom. The highest BCUT2D eigenvalue weighted by atomic mass is 16.3. The first kappa shape index (κ1) is 28.8. The third-order valence-electron chi connectivity index (χ3n) is 9.30. The van der Waals surface area contributed by atoms with E-state index in [2.05, 4.69) is 140 Å². The third-order valence-corrected chi connectivity index (χ3v) is 9.30. The molecule has 0 saturated heterocycles. The molecule has 9 rings (SSSR count). The van der Waals surface area contributed by atoms with Crippen LogP contribution in [0.4, 0.5) is 0 Å². The van der Waals surface area contributed by atoms with Gasteiger partial charge in [-0.1, -0.05) is 152 Å². The number of nitrogens with zero attached hydrogens (tertiary/aromatic N) is 3. The normalized spacial score (nSPS) is 14.1. The van der Waals surface area contributed by atoms with Crippen LogP contribution in [0.15, 0.2) is 174 Å². The van der Waals surface area contributed by atoms with Gasteiger partial charge in [0.05, 0.1) is 0 Å². The molecular weight excluding hydrogens is 599 g/mol. The van der Waals surface area contributed by atoms with E-state index in [0.29, 0.717) is 23.4 Å². The van der Waals surface area contributed by atoms with Crippen molar-refractivity contribution in [3.8, 4) is 56.4 Å². The van der Waals surface area contributed by atoms with Gasteiger partial charge in [0, 0.05) is 33.4 Å². The lowest BCUT2D eigenvalue weighted by Crippen LogP contribution is -2.01. The number of hydrogen-bond acceptors (Lipinski definition) is 4. The quantitative estimate of drug-likeness (QED) is 0.184. The Kier molecular flexibility index (Phi) is 7.25. The van der Waals surface area contributed by atoms with Crippen LogP contribution >= 0.6 is 0 Å². The summed E-state index contributed by atoms with van der Waals surface area (Å²) in [6.07, 6.45) is 9.72. The van der Waals surface area contributed by atoms with Crippen LogP contribution in [-0.2, 0) is 0 Å². The van der Waals surface area contributed by atoms with Gasteiger partial charge in [-0.25, -0.2) is 15.0 Å². The van der Waals surface area contributed by atoms with E-state index < -0.39 is 0 Å². The molecule has 1 aliphatic rings. The molecule has 6 aromatic carbocycles. The van der Waals surface area contributed by atoms with Crippen LogP contribution in [0.2, 0.25) is 0 Å². The molecule has 1 unspecified atom stereocenters. The van der Waals surface area contributed by atoms with Gasteiger partial charge in [-0.05, 0) is 52.4 Å². The van der Waals surface area contributed by atoms with Crippen molar-refractivity contribution in [2.75, 3.05) is 0 Å². The lowest BCUT2D eigenvalue weighted by atomic mass is 9.92. The predicted molar refractivity (Wildman–Crippen MR) is 200 cm³/mol. The van der Waals surface area contributed by atoms with Crippen molar-refractivity contribution >= 4 is 21.9 Å². The fourth-order valence-corrected chi connectivity index (χ4v) is 6.75. The maximum atomic E-state index is 6.20. The Morgan fingerprint density at radius 1 is 0.469 bits per heavy atom. The molecule has 4 heteroatoms. The molecule has 49 heavy (non-hydrogen) atoms. The van der Waals surface area contributed by atoms with Crippen molar-refractivity contribution < 1.29 is 4.42 Å². The monoisotopic (exact) mass is 629 g/mol. The molecule has 0 aliphatic heterocycles. The maximum absolute atomic E-state index is 6.20. The summed E-state index contributed by atoms with van der Waals surface area (Å²) in [5.41, 5.74) is 10.3. The highest BCUT2D eigenvalue weighted by Gasteiger charge is 2.16. The molecular formula is C45H31N3O. The van der Waals surface area contributed by atoms with E-state index in [4.69, 9.17) is 19.4 Å². The van der Waals surface area contributed by atoms with E-state index in [1.165, 1.54) is 11.1 Å². The van der Waals surface area contributed by atoms with Crippen molar-refractivity contribution in [1.82, 2.24) is 15.0 Å². The fourth-order valence-electron chi connectivity index (χ4n) is 6.75. The molecule has 0 saturated carbocycles. The lowest BCUT2D eigenvalue weighted by Gasteiger charge is -2.14. The van der Waals surface area contributed by atoms with Gasteiger partial charge in [-0.15, -0.1) is 0 Å². The van der Waals surface area contributed by atoms with Crippen molar-refractivity contribution in [2.45, 2.75) is 12.3 Å². The van der Waals surface area contributed by atoms with Crippen LogP contribution < -0.4 is 0 Å². The molecule has 0 fully saturated rings. The standard InChI is InChI=1S/C45H31N3O/c1-3-11-30(12-4-1)32-21-25-34(26-22-32)43-46-44(35-27-23-33(24-28-35)31-13-5-2-6-14-31)48-45(47-43)37-16-9-15-36(29-37)38-18-10-20-41-42(38)39-17-7-8-19-40(39)49-41/h1-13,15-29,31H,14H2. The summed E-state index contributed by atoms with van der Waals surface area (Å²) in [7, 11) is 0. The molecule has 8 aromatic rings. The average molecular weight is 630 g/mol. The van der Waals surface area contributed by atoms with Crippen LogP contribution in [0.25, 0.3) is 78.4 Å². The van der Waals surface area contributed by atoms with Gasteiger partial charge in [-0.3, -0.25) is 0 Å². The zero-order valence-corrected chi connectivity index (χ0v) is 26.7. The molecule has 1 atom stereocenters. The SMILES string of the molecule is C1=CCC(c2ccc(-c3nc(-c4ccc(-c5ccccc5)cc4)nc(-c4cccc(-c5cccc6oc7ccccc7c56)c4)n3)cc2)C=C1. The Bertz CT molecular complexity index is 2510. The van der Waals surface area contributed by atoms with Gasteiger partial charge in [-0.2, -0.15) is 0 Å². The van der Waals surface area contributed by atoms with E-state index in [9.17, 15) is 0 Å². The summed E-state index contributed by atoms with van der Waals surface area (Å²) in [6, 6.07) is 50.4. The molecule has 0 amide bonds. The van der Waals surface area contributed by atoms with E-state index in [0.717, 1.165) is 61.7 Å². The summed E-state index contributed by atoms with van der Waals surface area (Å²) in [4.78, 5) is 15.2. The molecule has 0 N–H and O–H groups in total. The van der Waals surface area contributed by atoms with Crippen molar-refractivity contribution in [3.63, 3.8) is 0 Å². The number of hydrogen-bond donors (Lipinski definition) is 0. The van der Waals surface area contributed by atoms with Crippen LogP contribution in [-0.4, -0.2) is 15.0 Å². The zero-order chi connectivity index (χ0) is 32.6. The second-order valence-corrected chi connectivity index (χ2v) is 12.4. The minimum Gasteiger partial charge on any atom is -0.456 e. The molecule has 0 radical (unpaired) electrons. The minimum absolute atomic E-state index is 0.381. The highest BCUT2D eigenvalue weighted by Crippen LogP contribution is 2.38. The number of furan rings is 1. The summed E-state index contributed by atoms with van der Waals surface area (Å²) < 4.78 is 6.20. The summed E-state index contributed by atoms with van der Waals surface area (Å²) >= 11 is 0. The fraction of sp³-hybridized carbons (Fsp3) is 0.0444. The number of benzene rings is 6. The Labute approximate surface area is 284 Å². The summed E-state index contributed by atoms with van der Waals surface area (Å²) in [6.45, 7) is 0. The molecule has 1 aliphatic carbocycles. The number of fused-ring (bicyclic) bond motifs is 3. The van der Waals surface area contributed by atoms with Gasteiger partial charge < -0.3 is 4.42 Å². The average Bonchev–Trinajstić information content (AvgIpc) is 3.58. The molecule has 0 bridgehead atoms. The van der Waals surface area contributed by atoms with Gasteiger partial charge in [0.1, 0.15) is 11.2 Å². The number of rotatable bonds is 6. The molecule has 232 valence electrons. The summed E-state index contributed by atoms with van der Waals surface area (Å²) in [5, 5.41) is 2.21. The zero-order valence-electron chi connectivity index (χ0n) is 26.7. The van der Waals surface area contributed by atoms with Crippen molar-refractivity contribution in [3.05, 3.63) is 175 Å². The van der Waals surface area contributed by atoms with Crippen molar-refractivity contribution in [2.24, 2.45) is 0 Å². The van der Waals surface area contributed by atoms with Gasteiger partial charge in [0.25, 0.3) is 0 Å². The van der Waals surface area contributed by atoms with E-state index >= 15 is 0 Å². The molecule has 2 heterocycles. The third kappa shape index (κ3) is 5.53. The smallest absolute Gasteiger partial charge is 0.164 e. The first-order valence-electron chi connectivity index (χ1n) is 16.6. The van der Waals surface area contributed by atoms with Crippen LogP contribution in [0.3, 0.4) is 0 Å². The Balaban J connectivity index is 1.15. The van der Waals surface area contributed by atoms with E-state index in [1.54, 1.807) is 0 Å². The lowest BCUT2D eigenvalue weighted by molar-refractivity contribution is 0.669. The van der Waals surface area contributed by atoms with Crippen LogP contribution in [0.1, 0.15) is 17.9 Å². The highest BCUT2D eigenvalue weighted by molar-refractivity contribution is 6.12. The minimum atomic E-state index is 0.381. The van der Waals surface area contributed by atoms with Gasteiger partial charge in [0.2, 0.25) is 0 Å². The largest absolute Gasteiger partial charge is 0.456 e. The second kappa shape index (κ2) is 12.3. The Morgan fingerprint density at radius 3 is 1.82 bits per heavy atom.